The lowest BCUT2D eigenvalue weighted by Crippen LogP contribution is -2.15. The number of methoxy groups -OCH3 is 2. The van der Waals surface area contributed by atoms with Gasteiger partial charge in [-0.1, -0.05) is 24.3 Å². The normalized spacial score (nSPS) is 11.1. The Bertz CT molecular complexity index is 1350. The third-order valence-electron chi connectivity index (χ3n) is 5.44. The lowest BCUT2D eigenvalue weighted by molar-refractivity contribution is 0.102. The van der Waals surface area contributed by atoms with Crippen molar-refractivity contribution >= 4 is 22.6 Å². The Morgan fingerprint density at radius 2 is 1.79 bits per heavy atom. The van der Waals surface area contributed by atoms with Gasteiger partial charge < -0.3 is 14.8 Å². The van der Waals surface area contributed by atoms with Gasteiger partial charge in [-0.25, -0.2) is 14.1 Å². The van der Waals surface area contributed by atoms with Crippen LogP contribution in [-0.2, 0) is 0 Å². The lowest BCUT2D eigenvalue weighted by atomic mass is 10.0. The van der Waals surface area contributed by atoms with Gasteiger partial charge in [0.15, 0.2) is 23.0 Å². The van der Waals surface area contributed by atoms with E-state index in [9.17, 15) is 9.18 Å². The number of amides is 1. The van der Waals surface area contributed by atoms with E-state index in [4.69, 9.17) is 14.5 Å². The van der Waals surface area contributed by atoms with Gasteiger partial charge in [-0.3, -0.25) is 4.79 Å². The molecular weight excluding hydrogens is 423 g/mol. The molecule has 0 spiro atoms. The number of fused-ring (bicyclic) bond motifs is 1. The number of carbonyl (C=O) groups is 1. The molecule has 7 nitrogen and oxygen atoms in total. The summed E-state index contributed by atoms with van der Waals surface area (Å²) in [6.45, 7) is 5.97. The number of rotatable bonds is 6. The van der Waals surface area contributed by atoms with Crippen molar-refractivity contribution in [2.45, 2.75) is 26.8 Å². The minimum atomic E-state index is -0.636. The lowest BCUT2D eigenvalue weighted by Gasteiger charge is -2.14. The second kappa shape index (κ2) is 8.90. The first-order valence-electron chi connectivity index (χ1n) is 10.5. The number of aromatic nitrogens is 3. The molecule has 170 valence electrons. The van der Waals surface area contributed by atoms with Gasteiger partial charge in [-0.15, -0.1) is 0 Å². The minimum Gasteiger partial charge on any atom is -0.493 e. The van der Waals surface area contributed by atoms with Gasteiger partial charge in [-0.2, -0.15) is 5.10 Å². The Labute approximate surface area is 191 Å². The molecule has 2 aromatic heterocycles. The summed E-state index contributed by atoms with van der Waals surface area (Å²) in [7, 11) is 2.87. The van der Waals surface area contributed by atoms with Crippen molar-refractivity contribution < 1.29 is 18.7 Å². The van der Waals surface area contributed by atoms with Crippen LogP contribution in [0, 0.1) is 12.7 Å². The number of aryl methyl sites for hydroxylation is 1. The molecule has 0 atom stereocenters. The maximum absolute atomic E-state index is 14.7. The van der Waals surface area contributed by atoms with E-state index in [2.05, 4.69) is 10.4 Å². The number of anilines is 1. The summed E-state index contributed by atoms with van der Waals surface area (Å²) < 4.78 is 26.8. The summed E-state index contributed by atoms with van der Waals surface area (Å²) >= 11 is 0. The molecule has 4 aromatic rings. The summed E-state index contributed by atoms with van der Waals surface area (Å²) in [5, 5.41) is 7.68. The van der Waals surface area contributed by atoms with Crippen molar-refractivity contribution in [3.63, 3.8) is 0 Å². The van der Waals surface area contributed by atoms with Crippen LogP contribution in [0.1, 0.15) is 35.8 Å². The molecule has 4 rings (SSSR count). The van der Waals surface area contributed by atoms with Gasteiger partial charge in [0.25, 0.3) is 5.91 Å². The van der Waals surface area contributed by atoms with Crippen LogP contribution in [0.15, 0.2) is 48.7 Å². The molecule has 1 N–H and O–H groups in total. The van der Waals surface area contributed by atoms with Gasteiger partial charge in [0.05, 0.1) is 42.7 Å². The monoisotopic (exact) mass is 448 g/mol. The van der Waals surface area contributed by atoms with Crippen LogP contribution < -0.4 is 14.8 Å². The Morgan fingerprint density at radius 1 is 1.09 bits per heavy atom. The number of ether oxygens (including phenoxy) is 2. The van der Waals surface area contributed by atoms with Gasteiger partial charge >= 0.3 is 0 Å². The predicted molar refractivity (Wildman–Crippen MR) is 126 cm³/mol. The molecular formula is C25H25FN4O3. The first-order chi connectivity index (χ1) is 15.8. The van der Waals surface area contributed by atoms with Gasteiger partial charge in [-0.05, 0) is 32.4 Å². The SMILES string of the molecule is COc1cc(F)c(NC(=O)c2cc(-c3ccccc3C)nc3c2cnn3C(C)C)cc1OC. The number of hydrogen-bond acceptors (Lipinski definition) is 5. The second-order valence-corrected chi connectivity index (χ2v) is 7.93. The molecule has 2 heterocycles. The van der Waals surface area contributed by atoms with Crippen molar-refractivity contribution in [3.05, 3.63) is 65.6 Å². The number of carbonyl (C=O) groups excluding carboxylic acids is 1. The molecule has 0 unspecified atom stereocenters. The fourth-order valence-corrected chi connectivity index (χ4v) is 3.72. The van der Waals surface area contributed by atoms with Crippen molar-refractivity contribution in [1.29, 1.82) is 0 Å². The number of pyridine rings is 1. The van der Waals surface area contributed by atoms with Crippen molar-refractivity contribution in [3.8, 4) is 22.8 Å². The van der Waals surface area contributed by atoms with Crippen molar-refractivity contribution in [2.75, 3.05) is 19.5 Å². The van der Waals surface area contributed by atoms with E-state index in [1.165, 1.54) is 26.4 Å². The number of nitrogens with zero attached hydrogens (tertiary/aromatic N) is 3. The molecule has 33 heavy (non-hydrogen) atoms. The Morgan fingerprint density at radius 3 is 2.45 bits per heavy atom. The molecule has 0 aliphatic carbocycles. The summed E-state index contributed by atoms with van der Waals surface area (Å²) in [5.74, 6) is -0.573. The summed E-state index contributed by atoms with van der Waals surface area (Å²) in [4.78, 5) is 18.2. The smallest absolute Gasteiger partial charge is 0.256 e. The highest BCUT2D eigenvalue weighted by molar-refractivity contribution is 6.12. The molecule has 8 heteroatoms. The Balaban J connectivity index is 1.85. The largest absolute Gasteiger partial charge is 0.493 e. The maximum atomic E-state index is 14.7. The van der Waals surface area contributed by atoms with Crippen molar-refractivity contribution in [1.82, 2.24) is 14.8 Å². The van der Waals surface area contributed by atoms with Crippen LogP contribution in [0.4, 0.5) is 10.1 Å². The molecule has 0 aliphatic heterocycles. The third kappa shape index (κ3) is 4.11. The zero-order valence-electron chi connectivity index (χ0n) is 19.1. The quantitative estimate of drug-likeness (QED) is 0.428. The first kappa shape index (κ1) is 22.3. The van der Waals surface area contributed by atoms with E-state index in [-0.39, 0.29) is 17.5 Å². The van der Waals surface area contributed by atoms with Crippen molar-refractivity contribution in [2.24, 2.45) is 0 Å². The van der Waals surface area contributed by atoms with Crippen LogP contribution >= 0.6 is 0 Å². The van der Waals surface area contributed by atoms with Gasteiger partial charge in [0, 0.05) is 23.7 Å². The molecule has 1 amide bonds. The topological polar surface area (TPSA) is 78.3 Å². The second-order valence-electron chi connectivity index (χ2n) is 7.93. The first-order valence-corrected chi connectivity index (χ1v) is 10.5. The van der Waals surface area contributed by atoms with Crippen LogP contribution in [0.5, 0.6) is 11.5 Å². The fourth-order valence-electron chi connectivity index (χ4n) is 3.72. The van der Waals surface area contributed by atoms with E-state index in [1.807, 2.05) is 45.0 Å². The Kier molecular flexibility index (Phi) is 6.00. The highest BCUT2D eigenvalue weighted by atomic mass is 19.1. The highest BCUT2D eigenvalue weighted by Crippen LogP contribution is 2.33. The molecule has 0 fully saturated rings. The summed E-state index contributed by atoms with van der Waals surface area (Å²) in [5.41, 5.74) is 3.49. The molecule has 2 aromatic carbocycles. The van der Waals surface area contributed by atoms with Crippen LogP contribution in [0.3, 0.4) is 0 Å². The zero-order valence-corrected chi connectivity index (χ0v) is 19.1. The number of benzene rings is 2. The van der Waals surface area contributed by atoms with Crippen LogP contribution in [-0.4, -0.2) is 34.9 Å². The number of halogens is 1. The molecule has 0 aliphatic rings. The third-order valence-corrected chi connectivity index (χ3v) is 5.44. The van der Waals surface area contributed by atoms with E-state index < -0.39 is 11.7 Å². The standard InChI is InChI=1S/C25H25FN4O3/c1-14(2)30-24-18(13-27-30)17(10-20(28-24)16-9-7-6-8-15(16)3)25(31)29-21-12-23(33-5)22(32-4)11-19(21)26/h6-14H,1-5H3,(H,29,31). The zero-order chi connectivity index (χ0) is 23.7. The number of hydrogen-bond donors (Lipinski definition) is 1. The van der Waals surface area contributed by atoms with Gasteiger partial charge in [0.1, 0.15) is 0 Å². The van der Waals surface area contributed by atoms with E-state index >= 15 is 0 Å². The van der Waals surface area contributed by atoms with Crippen LogP contribution in [0.25, 0.3) is 22.3 Å². The minimum absolute atomic E-state index is 0.0173. The highest BCUT2D eigenvalue weighted by Gasteiger charge is 2.21. The molecule has 0 saturated carbocycles. The van der Waals surface area contributed by atoms with Gasteiger partial charge in [0.2, 0.25) is 0 Å². The average molecular weight is 448 g/mol. The fraction of sp³-hybridized carbons (Fsp3) is 0.240. The number of nitrogens with one attached hydrogen (secondary N) is 1. The maximum Gasteiger partial charge on any atom is 0.256 e. The Hall–Kier alpha value is -3.94. The van der Waals surface area contributed by atoms with E-state index in [0.29, 0.717) is 28.0 Å². The molecule has 0 radical (unpaired) electrons. The van der Waals surface area contributed by atoms with E-state index in [1.54, 1.807) is 16.9 Å². The predicted octanol–water partition coefficient (Wildman–Crippen LogP) is 5.40. The molecule has 0 bridgehead atoms. The van der Waals surface area contributed by atoms with E-state index in [0.717, 1.165) is 11.1 Å². The van der Waals surface area contributed by atoms with Crippen LogP contribution in [0.2, 0.25) is 0 Å². The summed E-state index contributed by atoms with van der Waals surface area (Å²) in [6, 6.07) is 12.1. The molecule has 0 saturated heterocycles. The summed E-state index contributed by atoms with van der Waals surface area (Å²) in [6.07, 6.45) is 1.61. The average Bonchev–Trinajstić information content (AvgIpc) is 3.24.